The number of halogens is 1. The van der Waals surface area contributed by atoms with Crippen LogP contribution in [0.15, 0.2) is 76.3 Å². The Hall–Kier alpha value is -2.77. The van der Waals surface area contributed by atoms with Crippen molar-refractivity contribution in [2.45, 2.75) is 0 Å². The molecule has 0 saturated heterocycles. The van der Waals surface area contributed by atoms with Crippen molar-refractivity contribution >= 4 is 50.3 Å². The predicted octanol–water partition coefficient (Wildman–Crippen LogP) is 4.32. The first kappa shape index (κ1) is 18.0. The molecule has 2 amide bonds. The predicted molar refractivity (Wildman–Crippen MR) is 107 cm³/mol. The van der Waals surface area contributed by atoms with Crippen LogP contribution >= 0.6 is 27.3 Å². The Balaban J connectivity index is 1.86. The number of hydrogen-bond acceptors (Lipinski definition) is 4. The summed E-state index contributed by atoms with van der Waals surface area (Å²) in [4.78, 5) is 29.1. The number of hydrogen-bond donors (Lipinski definition) is 2. The van der Waals surface area contributed by atoms with Crippen LogP contribution in [0.5, 0.6) is 0 Å². The summed E-state index contributed by atoms with van der Waals surface area (Å²) in [6, 6.07) is 16.1. The van der Waals surface area contributed by atoms with Gasteiger partial charge in [-0.2, -0.15) is 0 Å². The number of carbonyl (C=O) groups is 2. The lowest BCUT2D eigenvalue weighted by molar-refractivity contribution is -0.113. The molecule has 0 bridgehead atoms. The van der Waals surface area contributed by atoms with Gasteiger partial charge in [-0.05, 0) is 35.9 Å². The van der Waals surface area contributed by atoms with Crippen molar-refractivity contribution in [2.24, 2.45) is 0 Å². The Bertz CT molecular complexity index is 923. The molecule has 26 heavy (non-hydrogen) atoms. The lowest BCUT2D eigenvalue weighted by Crippen LogP contribution is -2.30. The molecule has 0 atom stereocenters. The van der Waals surface area contributed by atoms with Crippen LogP contribution in [0.1, 0.15) is 15.9 Å². The molecule has 1 aromatic heterocycles. The minimum atomic E-state index is -0.438. The van der Waals surface area contributed by atoms with Crippen molar-refractivity contribution in [1.29, 1.82) is 0 Å². The van der Waals surface area contributed by atoms with Crippen molar-refractivity contribution < 1.29 is 9.59 Å². The molecule has 0 fully saturated rings. The standard InChI is InChI=1S/C19H14BrN3O2S/c20-15-8-6-13(7-9-15)12-16(18(25)23-19-21-10-11-26-19)22-17(24)14-4-2-1-3-5-14/h1-12H,(H,22,24)(H,21,23,25)/b16-12+. The lowest BCUT2D eigenvalue weighted by atomic mass is 10.1. The molecule has 0 radical (unpaired) electrons. The summed E-state index contributed by atoms with van der Waals surface area (Å²) in [7, 11) is 0. The number of nitrogens with zero attached hydrogens (tertiary/aromatic N) is 1. The second-order valence-electron chi connectivity index (χ2n) is 5.22. The van der Waals surface area contributed by atoms with Crippen LogP contribution in [0, 0.1) is 0 Å². The summed E-state index contributed by atoms with van der Waals surface area (Å²) in [6.45, 7) is 0. The molecule has 0 unspecified atom stereocenters. The molecule has 2 N–H and O–H groups in total. The second-order valence-corrected chi connectivity index (χ2v) is 7.03. The summed E-state index contributed by atoms with van der Waals surface area (Å²) >= 11 is 4.68. The summed E-state index contributed by atoms with van der Waals surface area (Å²) in [5.41, 5.74) is 1.39. The van der Waals surface area contributed by atoms with Gasteiger partial charge in [-0.15, -0.1) is 11.3 Å². The van der Waals surface area contributed by atoms with E-state index in [1.165, 1.54) is 11.3 Å². The van der Waals surface area contributed by atoms with Crippen molar-refractivity contribution in [3.05, 3.63) is 87.5 Å². The maximum Gasteiger partial charge on any atom is 0.273 e. The minimum Gasteiger partial charge on any atom is -0.317 e. The average Bonchev–Trinajstić information content (AvgIpc) is 3.16. The maximum atomic E-state index is 12.6. The van der Waals surface area contributed by atoms with E-state index in [4.69, 9.17) is 0 Å². The number of benzene rings is 2. The van der Waals surface area contributed by atoms with Crippen molar-refractivity contribution in [1.82, 2.24) is 10.3 Å². The summed E-state index contributed by atoms with van der Waals surface area (Å²) in [5.74, 6) is -0.796. The Labute approximate surface area is 162 Å². The smallest absolute Gasteiger partial charge is 0.273 e. The second kappa shape index (κ2) is 8.55. The van der Waals surface area contributed by atoms with E-state index in [2.05, 4.69) is 31.5 Å². The van der Waals surface area contributed by atoms with Crippen molar-refractivity contribution in [3.8, 4) is 0 Å². The van der Waals surface area contributed by atoms with Gasteiger partial charge in [0.15, 0.2) is 5.13 Å². The molecule has 3 rings (SSSR count). The van der Waals surface area contributed by atoms with E-state index in [1.54, 1.807) is 41.9 Å². The molecular weight excluding hydrogens is 414 g/mol. The molecule has 0 aliphatic heterocycles. The number of aromatic nitrogens is 1. The molecule has 0 saturated carbocycles. The normalized spacial score (nSPS) is 11.0. The zero-order chi connectivity index (χ0) is 18.4. The third kappa shape index (κ3) is 4.87. The highest BCUT2D eigenvalue weighted by molar-refractivity contribution is 9.10. The van der Waals surface area contributed by atoms with Crippen LogP contribution < -0.4 is 10.6 Å². The number of nitrogens with one attached hydrogen (secondary N) is 2. The van der Waals surface area contributed by atoms with Gasteiger partial charge < -0.3 is 5.32 Å². The molecule has 0 aliphatic carbocycles. The Morgan fingerprint density at radius 2 is 1.77 bits per heavy atom. The Kier molecular flexibility index (Phi) is 5.93. The largest absolute Gasteiger partial charge is 0.317 e. The zero-order valence-electron chi connectivity index (χ0n) is 13.5. The van der Waals surface area contributed by atoms with Gasteiger partial charge in [0.05, 0.1) is 0 Å². The van der Waals surface area contributed by atoms with E-state index in [1.807, 2.05) is 30.3 Å². The van der Waals surface area contributed by atoms with Gasteiger partial charge in [0.2, 0.25) is 0 Å². The van der Waals surface area contributed by atoms with Gasteiger partial charge in [-0.3, -0.25) is 14.9 Å². The lowest BCUT2D eigenvalue weighted by Gasteiger charge is -2.10. The highest BCUT2D eigenvalue weighted by Crippen LogP contribution is 2.15. The quantitative estimate of drug-likeness (QED) is 0.595. The van der Waals surface area contributed by atoms with Gasteiger partial charge in [-0.25, -0.2) is 4.98 Å². The van der Waals surface area contributed by atoms with E-state index in [-0.39, 0.29) is 11.6 Å². The van der Waals surface area contributed by atoms with Gasteiger partial charge in [0.1, 0.15) is 5.70 Å². The third-order valence-electron chi connectivity index (χ3n) is 3.36. The molecule has 2 aromatic carbocycles. The van der Waals surface area contributed by atoms with E-state index in [0.29, 0.717) is 10.7 Å². The number of amides is 2. The van der Waals surface area contributed by atoms with E-state index >= 15 is 0 Å². The van der Waals surface area contributed by atoms with E-state index in [9.17, 15) is 9.59 Å². The van der Waals surface area contributed by atoms with Crippen LogP contribution in [0.2, 0.25) is 0 Å². The third-order valence-corrected chi connectivity index (χ3v) is 4.58. The van der Waals surface area contributed by atoms with Crippen LogP contribution in [-0.2, 0) is 4.79 Å². The fraction of sp³-hybridized carbons (Fsp3) is 0. The molecular formula is C19H14BrN3O2S. The molecule has 7 heteroatoms. The van der Waals surface area contributed by atoms with Crippen LogP contribution in [0.3, 0.4) is 0 Å². The number of anilines is 1. The molecule has 130 valence electrons. The van der Waals surface area contributed by atoms with Crippen molar-refractivity contribution in [2.75, 3.05) is 5.32 Å². The number of rotatable bonds is 5. The monoisotopic (exact) mass is 427 g/mol. The molecule has 3 aromatic rings. The molecule has 1 heterocycles. The SMILES string of the molecule is O=C(Nc1nccs1)/C(=C\c1ccc(Br)cc1)NC(=O)c1ccccc1. The first-order valence-corrected chi connectivity index (χ1v) is 9.33. The summed E-state index contributed by atoms with van der Waals surface area (Å²) in [5, 5.41) is 7.59. The van der Waals surface area contributed by atoms with Crippen LogP contribution in [0.25, 0.3) is 6.08 Å². The van der Waals surface area contributed by atoms with Gasteiger partial charge in [0, 0.05) is 21.6 Å². The summed E-state index contributed by atoms with van der Waals surface area (Å²) in [6.07, 6.45) is 3.22. The van der Waals surface area contributed by atoms with Gasteiger partial charge in [-0.1, -0.05) is 46.3 Å². The number of thiazole rings is 1. The highest BCUT2D eigenvalue weighted by atomic mass is 79.9. The zero-order valence-corrected chi connectivity index (χ0v) is 15.9. The molecule has 5 nitrogen and oxygen atoms in total. The first-order valence-electron chi connectivity index (χ1n) is 7.66. The topological polar surface area (TPSA) is 71.1 Å². The molecule has 0 spiro atoms. The van der Waals surface area contributed by atoms with Crippen LogP contribution in [0.4, 0.5) is 5.13 Å². The first-order chi connectivity index (χ1) is 12.6. The number of carbonyl (C=O) groups excluding carboxylic acids is 2. The Morgan fingerprint density at radius 3 is 2.42 bits per heavy atom. The van der Waals surface area contributed by atoms with E-state index < -0.39 is 5.91 Å². The van der Waals surface area contributed by atoms with Crippen LogP contribution in [-0.4, -0.2) is 16.8 Å². The Morgan fingerprint density at radius 1 is 1.04 bits per heavy atom. The summed E-state index contributed by atoms with van der Waals surface area (Å²) < 4.78 is 0.928. The molecule has 0 aliphatic rings. The van der Waals surface area contributed by atoms with Crippen molar-refractivity contribution in [3.63, 3.8) is 0 Å². The fourth-order valence-corrected chi connectivity index (χ4v) is 2.91. The highest BCUT2D eigenvalue weighted by Gasteiger charge is 2.15. The van der Waals surface area contributed by atoms with Gasteiger partial charge >= 0.3 is 0 Å². The minimum absolute atomic E-state index is 0.136. The average molecular weight is 428 g/mol. The van der Waals surface area contributed by atoms with Gasteiger partial charge in [0.25, 0.3) is 11.8 Å². The van der Waals surface area contributed by atoms with E-state index in [0.717, 1.165) is 10.0 Å². The maximum absolute atomic E-state index is 12.6. The fourth-order valence-electron chi connectivity index (χ4n) is 2.12.